The van der Waals surface area contributed by atoms with Crippen LogP contribution in [0, 0.1) is 0 Å². The van der Waals surface area contributed by atoms with Gasteiger partial charge in [-0.25, -0.2) is 0 Å². The first-order chi connectivity index (χ1) is 7.35. The number of rotatable bonds is 5. The Morgan fingerprint density at radius 2 is 1.87 bits per heavy atom. The van der Waals surface area contributed by atoms with E-state index in [1.54, 1.807) is 14.2 Å². The molecule has 0 radical (unpaired) electrons. The molecule has 1 aliphatic rings. The molecule has 0 N–H and O–H groups in total. The lowest BCUT2D eigenvalue weighted by Crippen LogP contribution is -2.06. The normalized spacial score (nSPS) is 18.4. The molecule has 15 heavy (non-hydrogen) atoms. The average molecular weight is 210 g/mol. The monoisotopic (exact) mass is 210 g/mol. The van der Waals surface area contributed by atoms with Gasteiger partial charge in [-0.2, -0.15) is 0 Å². The van der Waals surface area contributed by atoms with Crippen LogP contribution in [-0.2, 0) is 4.74 Å². The van der Waals surface area contributed by atoms with Crippen LogP contribution in [0.2, 0.25) is 0 Å². The molecule has 0 amide bonds. The second-order valence-corrected chi connectivity index (χ2v) is 3.26. The van der Waals surface area contributed by atoms with E-state index in [2.05, 4.69) is 0 Å². The molecule has 0 spiro atoms. The van der Waals surface area contributed by atoms with E-state index in [0.717, 1.165) is 6.61 Å². The minimum absolute atomic E-state index is 0.222. The second kappa shape index (κ2) is 4.40. The van der Waals surface area contributed by atoms with Crippen LogP contribution in [0.4, 0.5) is 0 Å². The van der Waals surface area contributed by atoms with Gasteiger partial charge in [0.15, 0.2) is 11.5 Å². The Morgan fingerprint density at radius 3 is 2.33 bits per heavy atom. The van der Waals surface area contributed by atoms with E-state index >= 15 is 0 Å². The van der Waals surface area contributed by atoms with E-state index in [1.165, 1.54) is 0 Å². The van der Waals surface area contributed by atoms with Crippen molar-refractivity contribution >= 4 is 0 Å². The van der Waals surface area contributed by atoms with Gasteiger partial charge in [-0.05, 0) is 12.1 Å². The van der Waals surface area contributed by atoms with Gasteiger partial charge < -0.3 is 18.9 Å². The molecule has 0 bridgehead atoms. The van der Waals surface area contributed by atoms with Gasteiger partial charge in [-0.3, -0.25) is 0 Å². The molecule has 1 atom stereocenters. The number of epoxide rings is 1. The van der Waals surface area contributed by atoms with Gasteiger partial charge in [-0.1, -0.05) is 6.07 Å². The summed E-state index contributed by atoms with van der Waals surface area (Å²) in [4.78, 5) is 0. The lowest BCUT2D eigenvalue weighted by Gasteiger charge is -2.13. The van der Waals surface area contributed by atoms with Crippen LogP contribution in [0.3, 0.4) is 0 Å². The number of ether oxygens (including phenoxy) is 4. The standard InChI is InChI=1S/C11H14O4/c1-12-9-4-3-5-10(13-2)11(9)15-7-8-6-14-8/h3-5,8H,6-7H2,1-2H3. The third-order valence-electron chi connectivity index (χ3n) is 2.20. The molecule has 1 aromatic carbocycles. The van der Waals surface area contributed by atoms with Crippen molar-refractivity contribution in [3.05, 3.63) is 18.2 Å². The van der Waals surface area contributed by atoms with Crippen LogP contribution in [-0.4, -0.2) is 33.5 Å². The molecule has 2 rings (SSSR count). The molecule has 4 heteroatoms. The van der Waals surface area contributed by atoms with Crippen LogP contribution in [0.15, 0.2) is 18.2 Å². The highest BCUT2D eigenvalue weighted by atomic mass is 16.6. The minimum Gasteiger partial charge on any atom is -0.493 e. The zero-order valence-electron chi connectivity index (χ0n) is 8.86. The first kappa shape index (κ1) is 10.1. The zero-order chi connectivity index (χ0) is 10.7. The molecule has 0 saturated carbocycles. The van der Waals surface area contributed by atoms with Crippen molar-refractivity contribution in [3.63, 3.8) is 0 Å². The van der Waals surface area contributed by atoms with E-state index in [-0.39, 0.29) is 6.10 Å². The summed E-state index contributed by atoms with van der Waals surface area (Å²) in [7, 11) is 3.21. The van der Waals surface area contributed by atoms with Crippen molar-refractivity contribution in [2.24, 2.45) is 0 Å². The number of hydrogen-bond acceptors (Lipinski definition) is 4. The van der Waals surface area contributed by atoms with E-state index in [4.69, 9.17) is 18.9 Å². The Bertz CT molecular complexity index is 311. The smallest absolute Gasteiger partial charge is 0.203 e. The summed E-state index contributed by atoms with van der Waals surface area (Å²) >= 11 is 0. The molecule has 1 saturated heterocycles. The highest BCUT2D eigenvalue weighted by Crippen LogP contribution is 2.37. The summed E-state index contributed by atoms with van der Waals surface area (Å²) in [5.74, 6) is 1.99. The van der Waals surface area contributed by atoms with Gasteiger partial charge in [0.25, 0.3) is 0 Å². The van der Waals surface area contributed by atoms with Crippen molar-refractivity contribution in [2.75, 3.05) is 27.4 Å². The van der Waals surface area contributed by atoms with Crippen molar-refractivity contribution in [1.29, 1.82) is 0 Å². The quantitative estimate of drug-likeness (QED) is 0.690. The SMILES string of the molecule is COc1cccc(OC)c1OCC1CO1. The summed E-state index contributed by atoms with van der Waals surface area (Å²) in [6, 6.07) is 5.54. The maximum atomic E-state index is 5.60. The van der Waals surface area contributed by atoms with Gasteiger partial charge in [0.2, 0.25) is 5.75 Å². The van der Waals surface area contributed by atoms with Gasteiger partial charge in [0.05, 0.1) is 20.8 Å². The second-order valence-electron chi connectivity index (χ2n) is 3.26. The molecule has 4 nitrogen and oxygen atoms in total. The first-order valence-corrected chi connectivity index (χ1v) is 4.80. The molecule has 1 heterocycles. The predicted octanol–water partition coefficient (Wildman–Crippen LogP) is 1.48. The van der Waals surface area contributed by atoms with E-state index < -0.39 is 0 Å². The number of benzene rings is 1. The fourth-order valence-corrected chi connectivity index (χ4v) is 1.30. The predicted molar refractivity (Wildman–Crippen MR) is 54.8 cm³/mol. The van der Waals surface area contributed by atoms with Crippen LogP contribution >= 0.6 is 0 Å². The number of para-hydroxylation sites is 1. The topological polar surface area (TPSA) is 40.2 Å². The summed E-state index contributed by atoms with van der Waals surface area (Å²) in [6.07, 6.45) is 0.222. The summed E-state index contributed by atoms with van der Waals surface area (Å²) < 4.78 is 21.1. The third-order valence-corrected chi connectivity index (χ3v) is 2.20. The molecule has 0 aliphatic carbocycles. The lowest BCUT2D eigenvalue weighted by molar-refractivity contribution is 0.241. The maximum Gasteiger partial charge on any atom is 0.203 e. The average Bonchev–Trinajstić information content (AvgIpc) is 3.09. The van der Waals surface area contributed by atoms with Crippen LogP contribution in [0.5, 0.6) is 17.2 Å². The largest absolute Gasteiger partial charge is 0.493 e. The summed E-state index contributed by atoms with van der Waals surface area (Å²) in [5, 5.41) is 0. The molecule has 82 valence electrons. The van der Waals surface area contributed by atoms with Gasteiger partial charge >= 0.3 is 0 Å². The van der Waals surface area contributed by atoms with E-state index in [9.17, 15) is 0 Å². The van der Waals surface area contributed by atoms with Gasteiger partial charge in [-0.15, -0.1) is 0 Å². The Morgan fingerprint density at radius 1 is 1.27 bits per heavy atom. The molecule has 1 aromatic rings. The molecular formula is C11H14O4. The van der Waals surface area contributed by atoms with Crippen LogP contribution < -0.4 is 14.2 Å². The van der Waals surface area contributed by atoms with Crippen molar-refractivity contribution in [1.82, 2.24) is 0 Å². The summed E-state index contributed by atoms with van der Waals surface area (Å²) in [6.45, 7) is 1.31. The molecule has 0 aromatic heterocycles. The fraction of sp³-hybridized carbons (Fsp3) is 0.455. The van der Waals surface area contributed by atoms with Crippen LogP contribution in [0.1, 0.15) is 0 Å². The van der Waals surface area contributed by atoms with E-state index in [0.29, 0.717) is 23.9 Å². The molecule has 1 fully saturated rings. The van der Waals surface area contributed by atoms with Crippen LogP contribution in [0.25, 0.3) is 0 Å². The Labute approximate surface area is 88.7 Å². The Hall–Kier alpha value is -1.42. The number of hydrogen-bond donors (Lipinski definition) is 0. The highest BCUT2D eigenvalue weighted by Gasteiger charge is 2.24. The lowest BCUT2D eigenvalue weighted by atomic mass is 10.3. The van der Waals surface area contributed by atoms with Gasteiger partial charge in [0, 0.05) is 0 Å². The molecule has 1 aliphatic heterocycles. The zero-order valence-corrected chi connectivity index (χ0v) is 8.86. The highest BCUT2D eigenvalue weighted by molar-refractivity contribution is 5.51. The Balaban J connectivity index is 2.15. The minimum atomic E-state index is 0.222. The van der Waals surface area contributed by atoms with E-state index in [1.807, 2.05) is 18.2 Å². The third kappa shape index (κ3) is 2.33. The van der Waals surface area contributed by atoms with Crippen molar-refractivity contribution in [3.8, 4) is 17.2 Å². The summed E-state index contributed by atoms with van der Waals surface area (Å²) in [5.41, 5.74) is 0. The molecular weight excluding hydrogens is 196 g/mol. The first-order valence-electron chi connectivity index (χ1n) is 4.80. The molecule has 1 unspecified atom stereocenters. The van der Waals surface area contributed by atoms with Gasteiger partial charge in [0.1, 0.15) is 12.7 Å². The Kier molecular flexibility index (Phi) is 2.97. The van der Waals surface area contributed by atoms with Crippen molar-refractivity contribution < 1.29 is 18.9 Å². The number of methoxy groups -OCH3 is 2. The maximum absolute atomic E-state index is 5.60. The van der Waals surface area contributed by atoms with Crippen molar-refractivity contribution in [2.45, 2.75) is 6.10 Å². The fourth-order valence-electron chi connectivity index (χ4n) is 1.30.